The van der Waals surface area contributed by atoms with Crippen LogP contribution in [-0.2, 0) is 14.4 Å². The van der Waals surface area contributed by atoms with Gasteiger partial charge < -0.3 is 17.2 Å². The normalized spacial score (nSPS) is 9.21. The van der Waals surface area contributed by atoms with Gasteiger partial charge in [0.15, 0.2) is 0 Å². The van der Waals surface area contributed by atoms with Crippen LogP contribution in [0.25, 0.3) is 0 Å². The fraction of sp³-hybridized carbons (Fsp3) is 0.500. The summed E-state index contributed by atoms with van der Waals surface area (Å²) in [7, 11) is 0. The average Bonchev–Trinajstić information content (AvgIpc) is 1.80. The molecule has 0 saturated carbocycles. The van der Waals surface area contributed by atoms with Gasteiger partial charge in [0.1, 0.15) is 0 Å². The van der Waals surface area contributed by atoms with Crippen molar-refractivity contribution in [1.82, 2.24) is 4.90 Å². The smallest absolute Gasteiger partial charge is 0.231 e. The zero-order valence-corrected chi connectivity index (χ0v) is 10.7. The van der Waals surface area contributed by atoms with Gasteiger partial charge in [-0.25, -0.2) is 0 Å². The van der Waals surface area contributed by atoms with Crippen molar-refractivity contribution in [2.45, 2.75) is 0 Å². The summed E-state index contributed by atoms with van der Waals surface area (Å²) in [6.07, 6.45) is 0. The van der Waals surface area contributed by atoms with Crippen LogP contribution >= 0.6 is 0 Å². The number of primary amides is 3. The first-order chi connectivity index (χ1) is 5.91. The molecule has 0 aromatic heterocycles. The molecule has 78 valence electrons. The average molecular weight is 332 g/mol. The Balaban J connectivity index is 0. The Morgan fingerprint density at radius 3 is 1.14 bits per heavy atom. The van der Waals surface area contributed by atoms with Crippen LogP contribution in [0.2, 0.25) is 0 Å². The SMILES string of the molecule is NC(=O)CN(CC(N)=O)CC(N)=O.[Nd]. The van der Waals surface area contributed by atoms with E-state index in [-0.39, 0.29) is 60.5 Å². The summed E-state index contributed by atoms with van der Waals surface area (Å²) in [4.78, 5) is 32.5. The molecule has 0 radical (unpaired) electrons. The molecule has 0 aliphatic carbocycles. The van der Waals surface area contributed by atoms with E-state index in [1.54, 1.807) is 0 Å². The van der Waals surface area contributed by atoms with Crippen LogP contribution in [0, 0.1) is 40.8 Å². The van der Waals surface area contributed by atoms with Gasteiger partial charge in [-0.05, 0) is 0 Å². The van der Waals surface area contributed by atoms with Crippen molar-refractivity contribution in [3.05, 3.63) is 0 Å². The van der Waals surface area contributed by atoms with Gasteiger partial charge in [0.25, 0.3) is 0 Å². The number of amides is 3. The van der Waals surface area contributed by atoms with Gasteiger partial charge in [-0.15, -0.1) is 0 Å². The molecule has 0 bridgehead atoms. The topological polar surface area (TPSA) is 133 Å². The summed E-state index contributed by atoms with van der Waals surface area (Å²) in [5.41, 5.74) is 14.6. The second-order valence-electron chi connectivity index (χ2n) is 2.54. The number of hydrogen-bond acceptors (Lipinski definition) is 4. The number of carbonyl (C=O) groups excluding carboxylic acids is 3. The minimum atomic E-state index is -0.650. The first-order valence-electron chi connectivity index (χ1n) is 3.49. The molecule has 0 aliphatic heterocycles. The Hall–Kier alpha value is -0.279. The standard InChI is InChI=1S/C6H12N4O3.Nd/c7-4(11)1-10(2-5(8)12)3-6(9)13;/h1-3H2,(H2,7,11)(H2,8,12)(H2,9,13);. The van der Waals surface area contributed by atoms with E-state index < -0.39 is 17.7 Å². The number of nitrogens with two attached hydrogens (primary N) is 3. The van der Waals surface area contributed by atoms with E-state index in [0.717, 1.165) is 0 Å². The minimum Gasteiger partial charge on any atom is -0.369 e. The zero-order valence-electron chi connectivity index (χ0n) is 7.53. The van der Waals surface area contributed by atoms with Crippen molar-refractivity contribution in [1.29, 1.82) is 0 Å². The number of carbonyl (C=O) groups is 3. The molecule has 7 nitrogen and oxygen atoms in total. The third kappa shape index (κ3) is 9.81. The van der Waals surface area contributed by atoms with Crippen molar-refractivity contribution in [3.8, 4) is 0 Å². The first-order valence-corrected chi connectivity index (χ1v) is 3.49. The largest absolute Gasteiger partial charge is 0.369 e. The molecule has 0 rings (SSSR count). The van der Waals surface area contributed by atoms with E-state index in [4.69, 9.17) is 17.2 Å². The maximum Gasteiger partial charge on any atom is 0.231 e. The van der Waals surface area contributed by atoms with Crippen LogP contribution in [0.15, 0.2) is 0 Å². The van der Waals surface area contributed by atoms with E-state index in [2.05, 4.69) is 0 Å². The molecular weight excluding hydrogens is 320 g/mol. The van der Waals surface area contributed by atoms with Gasteiger partial charge in [-0.2, -0.15) is 0 Å². The first kappa shape index (κ1) is 16.2. The van der Waals surface area contributed by atoms with Crippen LogP contribution in [0.1, 0.15) is 0 Å². The monoisotopic (exact) mass is 330 g/mol. The Labute approximate surface area is 114 Å². The zero-order chi connectivity index (χ0) is 10.4. The molecule has 0 saturated heterocycles. The summed E-state index contributed by atoms with van der Waals surface area (Å²) in [5.74, 6) is -1.95. The van der Waals surface area contributed by atoms with Crippen LogP contribution in [-0.4, -0.2) is 42.3 Å². The summed E-state index contributed by atoms with van der Waals surface area (Å²) < 4.78 is 0. The third-order valence-electron chi connectivity index (χ3n) is 1.14. The van der Waals surface area contributed by atoms with E-state index >= 15 is 0 Å². The maximum absolute atomic E-state index is 10.4. The molecular formula is C6H12N4NdO3. The Morgan fingerprint density at radius 2 is 1.00 bits per heavy atom. The summed E-state index contributed by atoms with van der Waals surface area (Å²) >= 11 is 0. The molecule has 14 heavy (non-hydrogen) atoms. The van der Waals surface area contributed by atoms with Crippen LogP contribution in [0.5, 0.6) is 0 Å². The van der Waals surface area contributed by atoms with Gasteiger partial charge in [0.05, 0.1) is 19.6 Å². The fourth-order valence-electron chi connectivity index (χ4n) is 0.829. The Kier molecular flexibility index (Phi) is 9.31. The molecule has 3 amide bonds. The molecule has 0 spiro atoms. The molecule has 6 N–H and O–H groups in total. The van der Waals surface area contributed by atoms with E-state index in [9.17, 15) is 14.4 Å². The Bertz CT molecular complexity index is 195. The predicted octanol–water partition coefficient (Wildman–Crippen LogP) is -3.26. The van der Waals surface area contributed by atoms with Crippen molar-refractivity contribution < 1.29 is 55.2 Å². The molecule has 0 aromatic carbocycles. The predicted molar refractivity (Wildman–Crippen MR) is 44.0 cm³/mol. The quantitative estimate of drug-likeness (QED) is 0.471. The minimum absolute atomic E-state index is 0. The number of hydrogen-bond donors (Lipinski definition) is 3. The van der Waals surface area contributed by atoms with E-state index in [1.807, 2.05) is 0 Å². The summed E-state index contributed by atoms with van der Waals surface area (Å²) in [6.45, 7) is -0.649. The van der Waals surface area contributed by atoms with Gasteiger partial charge >= 0.3 is 0 Å². The molecule has 0 atom stereocenters. The van der Waals surface area contributed by atoms with Crippen molar-refractivity contribution >= 4 is 17.7 Å². The fourth-order valence-corrected chi connectivity index (χ4v) is 0.829. The Morgan fingerprint density at radius 1 is 0.786 bits per heavy atom. The molecule has 0 fully saturated rings. The third-order valence-corrected chi connectivity index (χ3v) is 1.14. The maximum atomic E-state index is 10.4. The summed E-state index contributed by atoms with van der Waals surface area (Å²) in [5, 5.41) is 0. The van der Waals surface area contributed by atoms with Crippen LogP contribution in [0.3, 0.4) is 0 Å². The summed E-state index contributed by atoms with van der Waals surface area (Å²) in [6, 6.07) is 0. The van der Waals surface area contributed by atoms with Crippen molar-refractivity contribution in [2.75, 3.05) is 19.6 Å². The molecule has 0 unspecified atom stereocenters. The van der Waals surface area contributed by atoms with Gasteiger partial charge in [0.2, 0.25) is 17.7 Å². The van der Waals surface area contributed by atoms with Crippen LogP contribution in [0.4, 0.5) is 0 Å². The second kappa shape index (κ2) is 8.06. The van der Waals surface area contributed by atoms with Crippen molar-refractivity contribution in [3.63, 3.8) is 0 Å². The molecule has 0 heterocycles. The second-order valence-corrected chi connectivity index (χ2v) is 2.54. The molecule has 0 aliphatic rings. The van der Waals surface area contributed by atoms with Gasteiger partial charge in [0, 0.05) is 40.8 Å². The molecule has 0 aromatic rings. The van der Waals surface area contributed by atoms with Gasteiger partial charge in [-0.1, -0.05) is 0 Å². The van der Waals surface area contributed by atoms with Crippen molar-refractivity contribution in [2.24, 2.45) is 17.2 Å². The van der Waals surface area contributed by atoms with Gasteiger partial charge in [-0.3, -0.25) is 19.3 Å². The molecule has 8 heteroatoms. The van der Waals surface area contributed by atoms with Crippen LogP contribution < -0.4 is 17.2 Å². The number of rotatable bonds is 6. The van der Waals surface area contributed by atoms with E-state index in [0.29, 0.717) is 0 Å². The number of nitrogens with zero attached hydrogens (tertiary/aromatic N) is 1. The van der Waals surface area contributed by atoms with E-state index in [1.165, 1.54) is 4.90 Å².